The second-order valence-corrected chi connectivity index (χ2v) is 6.65. The fourth-order valence-corrected chi connectivity index (χ4v) is 3.77. The first-order chi connectivity index (χ1) is 9.63. The van der Waals surface area contributed by atoms with Crippen LogP contribution in [-0.2, 0) is 6.42 Å². The summed E-state index contributed by atoms with van der Waals surface area (Å²) in [5.41, 5.74) is 4.37. The van der Waals surface area contributed by atoms with E-state index in [1.54, 1.807) is 0 Å². The summed E-state index contributed by atoms with van der Waals surface area (Å²) in [6.45, 7) is 10.1. The summed E-state index contributed by atoms with van der Waals surface area (Å²) in [5.74, 6) is 1.85. The SMILES string of the molecule is CCNC(Cc1cc(C)ccc1C)C1CCC(CC)C1. The minimum atomic E-state index is 0.664. The van der Waals surface area contributed by atoms with E-state index in [1.165, 1.54) is 48.8 Å². The average molecular weight is 273 g/mol. The van der Waals surface area contributed by atoms with E-state index in [4.69, 9.17) is 0 Å². The molecule has 112 valence electrons. The molecule has 1 aromatic carbocycles. The molecule has 2 rings (SSSR count). The minimum absolute atomic E-state index is 0.664. The van der Waals surface area contributed by atoms with Gasteiger partial charge >= 0.3 is 0 Å². The fraction of sp³-hybridized carbons (Fsp3) is 0.684. The Bertz CT molecular complexity index is 424. The highest BCUT2D eigenvalue weighted by Gasteiger charge is 2.29. The van der Waals surface area contributed by atoms with Crippen molar-refractivity contribution in [2.24, 2.45) is 11.8 Å². The molecule has 0 heterocycles. The van der Waals surface area contributed by atoms with Crippen molar-refractivity contribution in [2.45, 2.75) is 65.8 Å². The molecule has 20 heavy (non-hydrogen) atoms. The predicted octanol–water partition coefficient (Wildman–Crippen LogP) is 4.65. The summed E-state index contributed by atoms with van der Waals surface area (Å²) < 4.78 is 0. The standard InChI is InChI=1S/C19H31N/c1-5-16-9-10-17(12-16)19(20-6-2)13-18-11-14(3)7-8-15(18)4/h7-8,11,16-17,19-20H,5-6,9-10,12-13H2,1-4H3. The molecule has 3 unspecified atom stereocenters. The van der Waals surface area contributed by atoms with Crippen molar-refractivity contribution in [2.75, 3.05) is 6.54 Å². The Morgan fingerprint density at radius 3 is 2.65 bits per heavy atom. The zero-order valence-corrected chi connectivity index (χ0v) is 13.7. The van der Waals surface area contributed by atoms with Gasteiger partial charge in [0.1, 0.15) is 0 Å². The first-order valence-electron chi connectivity index (χ1n) is 8.43. The zero-order valence-electron chi connectivity index (χ0n) is 13.7. The van der Waals surface area contributed by atoms with E-state index in [0.29, 0.717) is 6.04 Å². The summed E-state index contributed by atoms with van der Waals surface area (Å²) in [6, 6.07) is 7.55. The van der Waals surface area contributed by atoms with Crippen LogP contribution in [0.1, 0.15) is 56.2 Å². The maximum absolute atomic E-state index is 3.76. The van der Waals surface area contributed by atoms with E-state index in [1.807, 2.05) is 0 Å². The first kappa shape index (κ1) is 15.6. The third kappa shape index (κ3) is 3.85. The third-order valence-corrected chi connectivity index (χ3v) is 5.14. The van der Waals surface area contributed by atoms with Gasteiger partial charge in [0.05, 0.1) is 0 Å². The van der Waals surface area contributed by atoms with Gasteiger partial charge in [-0.05, 0) is 62.6 Å². The lowest BCUT2D eigenvalue weighted by molar-refractivity contribution is 0.348. The molecule has 0 aromatic heterocycles. The lowest BCUT2D eigenvalue weighted by atomic mass is 9.89. The van der Waals surface area contributed by atoms with Crippen molar-refractivity contribution >= 4 is 0 Å². The van der Waals surface area contributed by atoms with Crippen LogP contribution in [0.3, 0.4) is 0 Å². The van der Waals surface area contributed by atoms with Gasteiger partial charge in [-0.15, -0.1) is 0 Å². The topological polar surface area (TPSA) is 12.0 Å². The van der Waals surface area contributed by atoms with E-state index >= 15 is 0 Å². The van der Waals surface area contributed by atoms with Gasteiger partial charge < -0.3 is 5.32 Å². The van der Waals surface area contributed by atoms with Crippen LogP contribution in [0.4, 0.5) is 0 Å². The molecule has 1 fully saturated rings. The second-order valence-electron chi connectivity index (χ2n) is 6.65. The molecule has 0 radical (unpaired) electrons. The van der Waals surface area contributed by atoms with Gasteiger partial charge in [0.25, 0.3) is 0 Å². The van der Waals surface area contributed by atoms with Crippen LogP contribution < -0.4 is 5.32 Å². The van der Waals surface area contributed by atoms with Crippen LogP contribution in [-0.4, -0.2) is 12.6 Å². The van der Waals surface area contributed by atoms with Crippen LogP contribution in [0, 0.1) is 25.7 Å². The number of benzene rings is 1. The van der Waals surface area contributed by atoms with Gasteiger partial charge in [0.2, 0.25) is 0 Å². The number of hydrogen-bond donors (Lipinski definition) is 1. The summed E-state index contributed by atoms with van der Waals surface area (Å²) in [6.07, 6.45) is 6.84. The lowest BCUT2D eigenvalue weighted by Gasteiger charge is -2.26. The summed E-state index contributed by atoms with van der Waals surface area (Å²) in [4.78, 5) is 0. The van der Waals surface area contributed by atoms with Crippen molar-refractivity contribution in [3.8, 4) is 0 Å². The van der Waals surface area contributed by atoms with Crippen LogP contribution in [0.25, 0.3) is 0 Å². The number of nitrogens with one attached hydrogen (secondary N) is 1. The van der Waals surface area contributed by atoms with Crippen LogP contribution in [0.2, 0.25) is 0 Å². The Morgan fingerprint density at radius 2 is 2.00 bits per heavy atom. The van der Waals surface area contributed by atoms with Gasteiger partial charge in [-0.3, -0.25) is 0 Å². The Labute approximate surface area is 125 Å². The summed E-state index contributed by atoms with van der Waals surface area (Å²) in [5, 5.41) is 3.76. The van der Waals surface area contributed by atoms with Crippen LogP contribution in [0.15, 0.2) is 18.2 Å². The molecule has 0 bridgehead atoms. The quantitative estimate of drug-likeness (QED) is 0.795. The fourth-order valence-electron chi connectivity index (χ4n) is 3.77. The second kappa shape index (κ2) is 7.26. The summed E-state index contributed by atoms with van der Waals surface area (Å²) >= 11 is 0. The number of likely N-dealkylation sites (N-methyl/N-ethyl adjacent to an activating group) is 1. The number of hydrogen-bond acceptors (Lipinski definition) is 1. The maximum Gasteiger partial charge on any atom is 0.0136 e. The Balaban J connectivity index is 2.07. The molecule has 1 saturated carbocycles. The highest BCUT2D eigenvalue weighted by Crippen LogP contribution is 2.36. The lowest BCUT2D eigenvalue weighted by Crippen LogP contribution is -2.37. The molecular formula is C19H31N. The first-order valence-corrected chi connectivity index (χ1v) is 8.43. The van der Waals surface area contributed by atoms with Crippen LogP contribution >= 0.6 is 0 Å². The maximum atomic E-state index is 3.76. The number of aryl methyl sites for hydroxylation is 2. The molecule has 0 amide bonds. The van der Waals surface area contributed by atoms with Gasteiger partial charge in [0.15, 0.2) is 0 Å². The van der Waals surface area contributed by atoms with Crippen molar-refractivity contribution in [1.82, 2.24) is 5.32 Å². The predicted molar refractivity (Wildman–Crippen MR) is 88.2 cm³/mol. The molecule has 1 aliphatic carbocycles. The smallest absolute Gasteiger partial charge is 0.0136 e. The molecule has 1 N–H and O–H groups in total. The van der Waals surface area contributed by atoms with E-state index < -0.39 is 0 Å². The molecular weight excluding hydrogens is 242 g/mol. The molecule has 1 heteroatoms. The highest BCUT2D eigenvalue weighted by molar-refractivity contribution is 5.31. The molecule has 3 atom stereocenters. The van der Waals surface area contributed by atoms with Crippen molar-refractivity contribution in [1.29, 1.82) is 0 Å². The van der Waals surface area contributed by atoms with Crippen molar-refractivity contribution < 1.29 is 0 Å². The van der Waals surface area contributed by atoms with E-state index in [0.717, 1.165) is 18.4 Å². The summed E-state index contributed by atoms with van der Waals surface area (Å²) in [7, 11) is 0. The number of rotatable bonds is 6. The van der Waals surface area contributed by atoms with Gasteiger partial charge in [-0.25, -0.2) is 0 Å². The average Bonchev–Trinajstić information content (AvgIpc) is 2.91. The third-order valence-electron chi connectivity index (χ3n) is 5.14. The van der Waals surface area contributed by atoms with E-state index in [-0.39, 0.29) is 0 Å². The Morgan fingerprint density at radius 1 is 1.20 bits per heavy atom. The molecule has 1 aromatic rings. The largest absolute Gasteiger partial charge is 0.314 e. The normalized spacial score (nSPS) is 24.0. The molecule has 1 nitrogen and oxygen atoms in total. The minimum Gasteiger partial charge on any atom is -0.314 e. The van der Waals surface area contributed by atoms with Gasteiger partial charge in [0, 0.05) is 6.04 Å². The molecule has 0 saturated heterocycles. The highest BCUT2D eigenvalue weighted by atomic mass is 14.9. The molecule has 0 aliphatic heterocycles. The molecule has 1 aliphatic rings. The monoisotopic (exact) mass is 273 g/mol. The van der Waals surface area contributed by atoms with E-state index in [2.05, 4.69) is 51.2 Å². The van der Waals surface area contributed by atoms with Gasteiger partial charge in [-0.2, -0.15) is 0 Å². The Hall–Kier alpha value is -0.820. The van der Waals surface area contributed by atoms with E-state index in [9.17, 15) is 0 Å². The van der Waals surface area contributed by atoms with Crippen LogP contribution in [0.5, 0.6) is 0 Å². The van der Waals surface area contributed by atoms with Crippen molar-refractivity contribution in [3.05, 3.63) is 34.9 Å². The van der Waals surface area contributed by atoms with Gasteiger partial charge in [-0.1, -0.05) is 50.5 Å². The Kier molecular flexibility index (Phi) is 5.65. The molecule has 0 spiro atoms. The van der Waals surface area contributed by atoms with Crippen molar-refractivity contribution in [3.63, 3.8) is 0 Å². The zero-order chi connectivity index (χ0) is 14.5.